The van der Waals surface area contributed by atoms with Gasteiger partial charge in [0.2, 0.25) is 0 Å². The van der Waals surface area contributed by atoms with Crippen molar-refractivity contribution in [2.45, 2.75) is 34.7 Å². The van der Waals surface area contributed by atoms with Crippen LogP contribution in [-0.4, -0.2) is 33.4 Å². The summed E-state index contributed by atoms with van der Waals surface area (Å²) in [4.78, 5) is 43.7. The predicted octanol–water partition coefficient (Wildman–Crippen LogP) is -5.95. The maximum Gasteiger partial charge on any atom is 1.00 e. The fourth-order valence-electron chi connectivity index (χ4n) is 8.21. The van der Waals surface area contributed by atoms with Crippen molar-refractivity contribution in [3.8, 4) is 0 Å². The quantitative estimate of drug-likeness (QED) is 0.0896. The van der Waals surface area contributed by atoms with Crippen molar-refractivity contribution in [3.05, 3.63) is 182 Å². The van der Waals surface area contributed by atoms with E-state index in [1.165, 1.54) is 0 Å². The minimum Gasteiger partial charge on any atom is -0.549 e. The molecule has 0 bridgehead atoms. The molecule has 0 heterocycles. The Kier molecular flexibility index (Phi) is 17.6. The molecule has 0 aliphatic heterocycles. The molecular formula is C45H36Na3O6P3. The van der Waals surface area contributed by atoms with Crippen LogP contribution in [0.4, 0.5) is 0 Å². The molecular weight excluding hydrogens is 798 g/mol. The van der Waals surface area contributed by atoms with E-state index in [-0.39, 0.29) is 88.7 Å². The van der Waals surface area contributed by atoms with Crippen LogP contribution in [0, 0.1) is 0 Å². The van der Waals surface area contributed by atoms with Crippen molar-refractivity contribution >= 4 is 73.5 Å². The topological polar surface area (TPSA) is 120 Å². The molecule has 1 aliphatic carbocycles. The summed E-state index contributed by atoms with van der Waals surface area (Å²) in [6, 6.07) is 54.9. The average molecular weight is 835 g/mol. The molecule has 0 spiro atoms. The average Bonchev–Trinajstić information content (AvgIpc) is 3.20. The van der Waals surface area contributed by atoms with Crippen LogP contribution in [-0.2, 0) is 14.4 Å². The van der Waals surface area contributed by atoms with Crippen LogP contribution < -0.4 is 136 Å². The van der Waals surface area contributed by atoms with Gasteiger partial charge < -0.3 is 29.7 Å². The molecule has 0 amide bonds. The normalized spacial score (nSPS) is 20.1. The summed E-state index contributed by atoms with van der Waals surface area (Å²) in [5.74, 6) is -4.49. The van der Waals surface area contributed by atoms with Crippen molar-refractivity contribution < 1.29 is 118 Å². The summed E-state index contributed by atoms with van der Waals surface area (Å²) in [5, 5.41) is 41.6. The van der Waals surface area contributed by atoms with Crippen molar-refractivity contribution in [3.63, 3.8) is 0 Å². The van der Waals surface area contributed by atoms with Gasteiger partial charge in [-0.05, 0) is 74.9 Å². The van der Waals surface area contributed by atoms with Crippen LogP contribution in [0.5, 0.6) is 0 Å². The Hall–Kier alpha value is -1.98. The summed E-state index contributed by atoms with van der Waals surface area (Å²) in [7, 11) is -6.02. The maximum atomic E-state index is 14.6. The SMILES string of the molecule is O=C([O-])C1(P(c2ccccc2)c2ccccc2)CC(C(=O)[O-])(P(c2ccccc2)c2ccccc2)CC(C(=O)[O-])(P(c2ccccc2)c2ccccc2)C1.[Na+].[Na+].[Na+]. The molecule has 0 N–H and O–H groups in total. The molecule has 12 heteroatoms. The third-order valence-electron chi connectivity index (χ3n) is 10.3. The fourth-order valence-corrected chi connectivity index (χ4v) is 18.4. The summed E-state index contributed by atoms with van der Waals surface area (Å²) in [5.41, 5.74) is 0. The van der Waals surface area contributed by atoms with E-state index < -0.39 is 76.4 Å². The van der Waals surface area contributed by atoms with Gasteiger partial charge in [-0.15, -0.1) is 0 Å². The van der Waals surface area contributed by atoms with E-state index in [1.807, 2.05) is 182 Å². The van der Waals surface area contributed by atoms with E-state index in [0.717, 1.165) is 0 Å². The zero-order valence-electron chi connectivity index (χ0n) is 32.2. The number of aliphatic carboxylic acids is 3. The van der Waals surface area contributed by atoms with E-state index in [9.17, 15) is 29.7 Å². The van der Waals surface area contributed by atoms with E-state index in [4.69, 9.17) is 0 Å². The van der Waals surface area contributed by atoms with Crippen molar-refractivity contribution in [2.24, 2.45) is 0 Å². The largest absolute Gasteiger partial charge is 1.00 e. The van der Waals surface area contributed by atoms with Crippen molar-refractivity contribution in [2.75, 3.05) is 0 Å². The van der Waals surface area contributed by atoms with Gasteiger partial charge in [0.1, 0.15) is 0 Å². The summed E-state index contributed by atoms with van der Waals surface area (Å²) >= 11 is 0. The molecule has 1 fully saturated rings. The summed E-state index contributed by atoms with van der Waals surface area (Å²) in [6.45, 7) is 0. The number of carbonyl (C=O) groups excluding carboxylic acids is 3. The maximum absolute atomic E-state index is 14.6. The first-order valence-corrected chi connectivity index (χ1v) is 21.6. The Morgan fingerprint density at radius 2 is 0.456 bits per heavy atom. The van der Waals surface area contributed by atoms with Gasteiger partial charge in [-0.1, -0.05) is 182 Å². The van der Waals surface area contributed by atoms with E-state index in [0.29, 0.717) is 31.8 Å². The van der Waals surface area contributed by atoms with Gasteiger partial charge in [0.15, 0.2) is 0 Å². The van der Waals surface area contributed by atoms with Gasteiger partial charge in [0.25, 0.3) is 0 Å². The van der Waals surface area contributed by atoms with Crippen LogP contribution in [0.15, 0.2) is 182 Å². The number of benzene rings is 6. The predicted molar refractivity (Wildman–Crippen MR) is 214 cm³/mol. The smallest absolute Gasteiger partial charge is 0.549 e. The Labute approximate surface area is 404 Å². The van der Waals surface area contributed by atoms with E-state index >= 15 is 0 Å². The number of carboxylic acids is 3. The number of carboxylic acid groups (broad SMARTS) is 3. The monoisotopic (exact) mass is 834 g/mol. The number of hydrogen-bond donors (Lipinski definition) is 0. The first kappa shape index (κ1) is 47.7. The molecule has 57 heavy (non-hydrogen) atoms. The molecule has 1 saturated carbocycles. The Morgan fingerprint density at radius 3 is 0.579 bits per heavy atom. The molecule has 0 unspecified atom stereocenters. The van der Waals surface area contributed by atoms with Gasteiger partial charge >= 0.3 is 88.7 Å². The van der Waals surface area contributed by atoms with Gasteiger partial charge in [-0.3, -0.25) is 0 Å². The van der Waals surface area contributed by atoms with Gasteiger partial charge in [0, 0.05) is 15.5 Å². The fraction of sp³-hybridized carbons (Fsp3) is 0.133. The molecule has 6 aromatic rings. The Morgan fingerprint density at radius 1 is 0.316 bits per heavy atom. The first-order valence-electron chi connectivity index (χ1n) is 17.6. The van der Waals surface area contributed by atoms with Crippen molar-refractivity contribution in [1.82, 2.24) is 0 Å². The first-order chi connectivity index (χ1) is 26.2. The van der Waals surface area contributed by atoms with Crippen LogP contribution in [0.2, 0.25) is 0 Å². The molecule has 7 rings (SSSR count). The second kappa shape index (κ2) is 21.0. The van der Waals surface area contributed by atoms with Crippen LogP contribution >= 0.6 is 23.8 Å². The van der Waals surface area contributed by atoms with Crippen LogP contribution in [0.3, 0.4) is 0 Å². The van der Waals surface area contributed by atoms with E-state index in [1.54, 1.807) is 0 Å². The number of rotatable bonds is 12. The Bertz CT molecular complexity index is 1840. The molecule has 6 aromatic carbocycles. The third-order valence-corrected chi connectivity index (χ3v) is 19.2. The molecule has 6 nitrogen and oxygen atoms in total. The summed E-state index contributed by atoms with van der Waals surface area (Å²) < 4.78 is 0. The standard InChI is InChI=1S/C45H39O6P3.3Na/c46-40(47)43(52(34-19-7-1-8-20-34)35-21-9-2-10-22-35)31-44(41(48)49,53(36-23-11-3-12-24-36)37-25-13-4-14-26-37)33-45(32-43,42(50)51)54(38-27-15-5-16-28-38)39-29-17-6-18-30-39;;;/h1-30H,31-33H2,(H,46,47)(H,48,49)(H,50,51);;;/q;3*+1/p-3. The second-order valence-electron chi connectivity index (χ2n) is 13.5. The van der Waals surface area contributed by atoms with Gasteiger partial charge in [-0.25, -0.2) is 0 Å². The minimum absolute atomic E-state index is 0. The molecule has 0 aromatic heterocycles. The molecule has 0 radical (unpaired) electrons. The number of hydrogen-bond acceptors (Lipinski definition) is 6. The molecule has 270 valence electrons. The second-order valence-corrected chi connectivity index (χ2v) is 21.2. The zero-order valence-corrected chi connectivity index (χ0v) is 40.9. The van der Waals surface area contributed by atoms with Crippen LogP contribution in [0.25, 0.3) is 0 Å². The zero-order chi connectivity index (χ0) is 37.8. The minimum atomic E-state index is -2.02. The van der Waals surface area contributed by atoms with E-state index in [2.05, 4.69) is 0 Å². The molecule has 1 aliphatic rings. The van der Waals surface area contributed by atoms with Gasteiger partial charge in [0.05, 0.1) is 17.9 Å². The molecule has 0 saturated heterocycles. The van der Waals surface area contributed by atoms with Crippen molar-refractivity contribution in [1.29, 1.82) is 0 Å². The number of carbonyl (C=O) groups is 3. The third kappa shape index (κ3) is 9.50. The Balaban J connectivity index is 0.00000240. The summed E-state index contributed by atoms with van der Waals surface area (Å²) in [6.07, 6.45) is -1.26. The van der Waals surface area contributed by atoms with Gasteiger partial charge in [-0.2, -0.15) is 0 Å². The molecule has 0 atom stereocenters. The van der Waals surface area contributed by atoms with Crippen LogP contribution in [0.1, 0.15) is 19.3 Å².